The van der Waals surface area contributed by atoms with Crippen LogP contribution in [0.3, 0.4) is 0 Å². The normalized spacial score (nSPS) is 29.1. The molecule has 1 fully saturated rings. The van der Waals surface area contributed by atoms with Crippen molar-refractivity contribution in [3.05, 3.63) is 28.6 Å². The molecule has 2 heterocycles. The minimum absolute atomic E-state index is 0.0198. The lowest BCUT2D eigenvalue weighted by molar-refractivity contribution is -0.0324. The molecular weight excluding hydrogens is 280 g/mol. The molecule has 104 valence electrons. The summed E-state index contributed by atoms with van der Waals surface area (Å²) < 4.78 is 32.5. The van der Waals surface area contributed by atoms with Crippen molar-refractivity contribution in [1.82, 2.24) is 9.55 Å². The highest BCUT2D eigenvalue weighted by molar-refractivity contribution is 7.80. The van der Waals surface area contributed by atoms with Gasteiger partial charge in [-0.25, -0.2) is 13.6 Å². The van der Waals surface area contributed by atoms with E-state index < -0.39 is 36.4 Å². The molecule has 6 nitrogen and oxygen atoms in total. The van der Waals surface area contributed by atoms with Gasteiger partial charge in [0.2, 0.25) is 0 Å². The molecule has 1 saturated heterocycles. The number of alkyl halides is 1. The van der Waals surface area contributed by atoms with Crippen LogP contribution in [-0.4, -0.2) is 33.5 Å². The van der Waals surface area contributed by atoms with Crippen molar-refractivity contribution in [2.45, 2.75) is 23.4 Å². The number of thiol groups is 1. The van der Waals surface area contributed by atoms with Crippen LogP contribution in [0.5, 0.6) is 0 Å². The number of rotatable bonds is 2. The van der Waals surface area contributed by atoms with Crippen molar-refractivity contribution in [3.63, 3.8) is 0 Å². The Balaban J connectivity index is 2.47. The molecule has 9 heteroatoms. The first kappa shape index (κ1) is 14.0. The Hall–Kier alpha value is -1.45. The quantitative estimate of drug-likeness (QED) is 0.677. The number of halogens is 2. The second kappa shape index (κ2) is 5.27. The van der Waals surface area contributed by atoms with Crippen molar-refractivity contribution in [1.29, 1.82) is 0 Å². The van der Waals surface area contributed by atoms with Crippen molar-refractivity contribution in [3.8, 4) is 0 Å². The summed E-state index contributed by atoms with van der Waals surface area (Å²) >= 11 is 3.98. The molecule has 2 rings (SSSR count). The summed E-state index contributed by atoms with van der Waals surface area (Å²) in [5.41, 5.74) is 4.16. The Morgan fingerprint density at radius 1 is 1.68 bits per heavy atom. The number of anilines is 1. The Labute approximate surface area is 111 Å². The lowest BCUT2D eigenvalue weighted by Gasteiger charge is -2.15. The molecule has 0 bridgehead atoms. The zero-order chi connectivity index (χ0) is 14.2. The monoisotopic (exact) mass is 291 g/mol. The fourth-order valence-corrected chi connectivity index (χ4v) is 1.95. The Morgan fingerprint density at radius 2 is 2.37 bits per heavy atom. The third-order valence-electron chi connectivity index (χ3n) is 2.75. The van der Waals surface area contributed by atoms with Crippen LogP contribution < -0.4 is 11.4 Å². The van der Waals surface area contributed by atoms with Gasteiger partial charge < -0.3 is 15.6 Å². The molecule has 0 radical (unpaired) electrons. The van der Waals surface area contributed by atoms with Crippen LogP contribution in [0.15, 0.2) is 27.8 Å². The predicted octanol–water partition coefficient (Wildman–Crippen LogP) is 0.195. The van der Waals surface area contributed by atoms with Crippen LogP contribution in [0.25, 0.3) is 0 Å². The molecule has 1 aromatic heterocycles. The van der Waals surface area contributed by atoms with Crippen LogP contribution in [0.4, 0.5) is 14.6 Å². The second-order valence-electron chi connectivity index (χ2n) is 3.92. The average Bonchev–Trinajstić information content (AvgIpc) is 2.70. The van der Waals surface area contributed by atoms with Gasteiger partial charge in [-0.3, -0.25) is 4.57 Å². The highest BCUT2D eigenvalue weighted by Gasteiger charge is 2.41. The van der Waals surface area contributed by atoms with E-state index in [0.29, 0.717) is 0 Å². The maximum absolute atomic E-state index is 13.7. The van der Waals surface area contributed by atoms with E-state index in [1.165, 1.54) is 6.20 Å². The summed E-state index contributed by atoms with van der Waals surface area (Å²) in [5, 5.41) is 8.93. The average molecular weight is 291 g/mol. The van der Waals surface area contributed by atoms with Crippen LogP contribution in [0.2, 0.25) is 0 Å². The summed E-state index contributed by atoms with van der Waals surface area (Å²) in [6.45, 7) is -0.639. The van der Waals surface area contributed by atoms with E-state index in [4.69, 9.17) is 15.6 Å². The molecule has 0 aliphatic carbocycles. The Morgan fingerprint density at radius 3 is 2.95 bits per heavy atom. The van der Waals surface area contributed by atoms with E-state index in [2.05, 4.69) is 17.6 Å². The molecule has 0 saturated carbocycles. The number of aliphatic hydroxyl groups is 1. The van der Waals surface area contributed by atoms with Gasteiger partial charge in [-0.1, -0.05) is 0 Å². The van der Waals surface area contributed by atoms with Gasteiger partial charge in [0.05, 0.1) is 17.8 Å². The molecule has 0 aromatic carbocycles. The molecule has 1 aliphatic heterocycles. The lowest BCUT2D eigenvalue weighted by atomic mass is 10.1. The molecule has 3 atom stereocenters. The van der Waals surface area contributed by atoms with Crippen molar-refractivity contribution in [2.24, 2.45) is 0 Å². The highest BCUT2D eigenvalue weighted by atomic mass is 32.1. The maximum atomic E-state index is 13.7. The summed E-state index contributed by atoms with van der Waals surface area (Å²) in [6, 6.07) is 0. The molecular formula is C10H11F2N3O3S. The molecule has 1 aliphatic rings. The zero-order valence-electron chi connectivity index (χ0n) is 9.53. The van der Waals surface area contributed by atoms with E-state index in [-0.39, 0.29) is 17.0 Å². The highest BCUT2D eigenvalue weighted by Crippen LogP contribution is 2.35. The first-order chi connectivity index (χ1) is 8.99. The molecule has 1 aromatic rings. The standard InChI is InChI=1S/C10H11F2N3O3S/c11-1-4-7(12)5(3-16)18-9(4)15-2-6(19)8(13)14-10(15)17/h1-2,5,7,9,16,19H,3H2,(H2,13,14,17). The Kier molecular flexibility index (Phi) is 3.88. The number of hydrogen-bond acceptors (Lipinski definition) is 6. The summed E-state index contributed by atoms with van der Waals surface area (Å²) in [5.74, 6) is -0.0936. The van der Waals surface area contributed by atoms with E-state index in [0.717, 1.165) is 4.57 Å². The molecule has 0 amide bonds. The van der Waals surface area contributed by atoms with Gasteiger partial charge in [0.15, 0.2) is 12.4 Å². The molecule has 19 heavy (non-hydrogen) atoms. The summed E-state index contributed by atoms with van der Waals surface area (Å²) in [7, 11) is 0. The van der Waals surface area contributed by atoms with Gasteiger partial charge in [0, 0.05) is 11.8 Å². The van der Waals surface area contributed by atoms with Crippen LogP contribution in [0.1, 0.15) is 6.23 Å². The largest absolute Gasteiger partial charge is 0.394 e. The predicted molar refractivity (Wildman–Crippen MR) is 65.2 cm³/mol. The van der Waals surface area contributed by atoms with Gasteiger partial charge in [-0.15, -0.1) is 12.6 Å². The third kappa shape index (κ3) is 2.36. The van der Waals surface area contributed by atoms with Crippen LogP contribution >= 0.6 is 12.6 Å². The van der Waals surface area contributed by atoms with E-state index >= 15 is 0 Å². The number of ether oxygens (including phenoxy) is 1. The van der Waals surface area contributed by atoms with Gasteiger partial charge in [-0.05, 0) is 0 Å². The fraction of sp³-hybridized carbons (Fsp3) is 0.400. The van der Waals surface area contributed by atoms with E-state index in [1.807, 2.05) is 0 Å². The number of hydrogen-bond donors (Lipinski definition) is 3. The minimum Gasteiger partial charge on any atom is -0.394 e. The van der Waals surface area contributed by atoms with Crippen molar-refractivity contribution >= 4 is 18.4 Å². The van der Waals surface area contributed by atoms with Gasteiger partial charge in [-0.2, -0.15) is 4.98 Å². The zero-order valence-corrected chi connectivity index (χ0v) is 10.4. The maximum Gasteiger partial charge on any atom is 0.351 e. The van der Waals surface area contributed by atoms with Crippen molar-refractivity contribution in [2.75, 3.05) is 12.3 Å². The van der Waals surface area contributed by atoms with Crippen LogP contribution in [-0.2, 0) is 4.74 Å². The SMILES string of the molecule is Nc1nc(=O)n(C2OC(CO)C(F)C2=CF)cc1S. The second-order valence-corrected chi connectivity index (χ2v) is 4.40. The minimum atomic E-state index is -1.84. The molecule has 3 N–H and O–H groups in total. The number of aromatic nitrogens is 2. The smallest absolute Gasteiger partial charge is 0.351 e. The first-order valence-electron chi connectivity index (χ1n) is 5.27. The van der Waals surface area contributed by atoms with Crippen molar-refractivity contribution < 1.29 is 18.6 Å². The van der Waals surface area contributed by atoms with Gasteiger partial charge in [0.1, 0.15) is 11.9 Å². The van der Waals surface area contributed by atoms with E-state index in [9.17, 15) is 13.6 Å². The van der Waals surface area contributed by atoms with Gasteiger partial charge >= 0.3 is 5.69 Å². The first-order valence-corrected chi connectivity index (χ1v) is 5.72. The lowest BCUT2D eigenvalue weighted by Crippen LogP contribution is -2.28. The third-order valence-corrected chi connectivity index (χ3v) is 3.10. The number of aliphatic hydroxyl groups excluding tert-OH is 1. The molecule has 3 unspecified atom stereocenters. The molecule has 0 spiro atoms. The topological polar surface area (TPSA) is 90.4 Å². The fourth-order valence-electron chi connectivity index (χ4n) is 1.78. The summed E-state index contributed by atoms with van der Waals surface area (Å²) in [6.07, 6.45) is -3.20. The Bertz CT molecular complexity index is 578. The number of nitrogens with two attached hydrogens (primary N) is 1. The van der Waals surface area contributed by atoms with Crippen LogP contribution in [0, 0.1) is 0 Å². The number of nitrogens with zero attached hydrogens (tertiary/aromatic N) is 2. The van der Waals surface area contributed by atoms with Gasteiger partial charge in [0.25, 0.3) is 0 Å². The van der Waals surface area contributed by atoms with E-state index in [1.54, 1.807) is 0 Å². The summed E-state index contributed by atoms with van der Waals surface area (Å²) in [4.78, 5) is 15.3. The number of nitrogen functional groups attached to an aromatic ring is 1.